The first-order valence-electron chi connectivity index (χ1n) is 6.29. The molecular weight excluding hydrogens is 314 g/mol. The van der Waals surface area contributed by atoms with Gasteiger partial charge in [0, 0.05) is 11.6 Å². The van der Waals surface area contributed by atoms with Crippen molar-refractivity contribution < 1.29 is 8.78 Å². The fourth-order valence-electron chi connectivity index (χ4n) is 2.19. The number of hydrogen-bond donors (Lipinski definition) is 1. The van der Waals surface area contributed by atoms with Crippen molar-refractivity contribution >= 4 is 38.8 Å². The molecule has 0 saturated carbocycles. The van der Waals surface area contributed by atoms with Crippen molar-refractivity contribution in [2.45, 2.75) is 13.0 Å². The summed E-state index contributed by atoms with van der Waals surface area (Å²) in [5.74, 6) is -1.18. The van der Waals surface area contributed by atoms with Crippen LogP contribution in [0.4, 0.5) is 14.5 Å². The molecule has 3 aromatic rings. The van der Waals surface area contributed by atoms with Crippen LogP contribution in [0.5, 0.6) is 0 Å². The smallest absolute Gasteiger partial charge is 0.131 e. The Morgan fingerprint density at radius 2 is 2.05 bits per heavy atom. The molecule has 0 aliphatic carbocycles. The van der Waals surface area contributed by atoms with Gasteiger partial charge in [0.05, 0.1) is 27.0 Å². The lowest BCUT2D eigenvalue weighted by Crippen LogP contribution is -2.09. The monoisotopic (exact) mass is 324 g/mol. The van der Waals surface area contributed by atoms with E-state index in [0.717, 1.165) is 16.3 Å². The molecule has 0 bridgehead atoms. The van der Waals surface area contributed by atoms with Crippen LogP contribution in [0, 0.1) is 11.6 Å². The highest BCUT2D eigenvalue weighted by atomic mass is 35.5. The molecule has 0 aliphatic heterocycles. The summed E-state index contributed by atoms with van der Waals surface area (Å²) in [5, 5.41) is 3.68. The third-order valence-electron chi connectivity index (χ3n) is 3.24. The number of fused-ring (bicyclic) bond motifs is 1. The highest BCUT2D eigenvalue weighted by molar-refractivity contribution is 7.16. The molecule has 0 radical (unpaired) electrons. The zero-order valence-electron chi connectivity index (χ0n) is 11.0. The lowest BCUT2D eigenvalue weighted by Gasteiger charge is -2.17. The van der Waals surface area contributed by atoms with Gasteiger partial charge in [-0.15, -0.1) is 11.3 Å². The van der Waals surface area contributed by atoms with Gasteiger partial charge < -0.3 is 5.32 Å². The van der Waals surface area contributed by atoms with Crippen LogP contribution < -0.4 is 5.32 Å². The van der Waals surface area contributed by atoms with Gasteiger partial charge in [0.25, 0.3) is 0 Å². The molecule has 1 aromatic heterocycles. The van der Waals surface area contributed by atoms with E-state index >= 15 is 0 Å². The Balaban J connectivity index is 1.98. The van der Waals surface area contributed by atoms with Gasteiger partial charge in [-0.3, -0.25) is 0 Å². The first-order chi connectivity index (χ1) is 10.1. The van der Waals surface area contributed by atoms with Gasteiger partial charge in [0.1, 0.15) is 17.2 Å². The molecule has 1 unspecified atom stereocenters. The van der Waals surface area contributed by atoms with Crippen molar-refractivity contribution in [3.05, 3.63) is 58.1 Å². The molecule has 21 heavy (non-hydrogen) atoms. The van der Waals surface area contributed by atoms with Crippen LogP contribution >= 0.6 is 22.9 Å². The summed E-state index contributed by atoms with van der Waals surface area (Å²) in [7, 11) is 0. The maximum absolute atomic E-state index is 13.8. The van der Waals surface area contributed by atoms with Crippen molar-refractivity contribution in [1.82, 2.24) is 4.98 Å². The number of nitrogens with one attached hydrogen (secondary N) is 1. The fraction of sp³-hybridized carbons (Fsp3) is 0.133. The van der Waals surface area contributed by atoms with Crippen LogP contribution in [0.2, 0.25) is 5.02 Å². The Morgan fingerprint density at radius 3 is 2.81 bits per heavy atom. The van der Waals surface area contributed by atoms with E-state index in [1.54, 1.807) is 18.5 Å². The summed E-state index contributed by atoms with van der Waals surface area (Å²) < 4.78 is 27.8. The summed E-state index contributed by atoms with van der Waals surface area (Å²) in [4.78, 5) is 4.28. The molecule has 6 heteroatoms. The van der Waals surface area contributed by atoms with Crippen molar-refractivity contribution in [1.29, 1.82) is 0 Å². The second kappa shape index (κ2) is 5.58. The molecule has 0 spiro atoms. The number of nitrogens with zero attached hydrogens (tertiary/aromatic N) is 1. The molecule has 1 heterocycles. The summed E-state index contributed by atoms with van der Waals surface area (Å²) in [6.07, 6.45) is 0. The lowest BCUT2D eigenvalue weighted by molar-refractivity contribution is 0.566. The Labute approximate surface area is 129 Å². The highest BCUT2D eigenvalue weighted by Crippen LogP contribution is 2.35. The van der Waals surface area contributed by atoms with Gasteiger partial charge in [-0.05, 0) is 25.1 Å². The number of aromatic nitrogens is 1. The predicted octanol–water partition coefficient (Wildman–Crippen LogP) is 5.40. The maximum Gasteiger partial charge on any atom is 0.131 e. The number of thiazole rings is 1. The molecule has 3 rings (SSSR count). The first-order valence-corrected chi connectivity index (χ1v) is 7.55. The Kier molecular flexibility index (Phi) is 3.78. The minimum atomic E-state index is -0.594. The number of anilines is 1. The average Bonchev–Trinajstić information content (AvgIpc) is 2.90. The molecule has 2 aromatic carbocycles. The predicted molar refractivity (Wildman–Crippen MR) is 83.0 cm³/mol. The summed E-state index contributed by atoms with van der Waals surface area (Å²) in [6, 6.07) is 6.84. The topological polar surface area (TPSA) is 24.9 Å². The van der Waals surface area contributed by atoms with Gasteiger partial charge in [-0.1, -0.05) is 17.7 Å². The van der Waals surface area contributed by atoms with Crippen LogP contribution in [-0.4, -0.2) is 4.98 Å². The van der Waals surface area contributed by atoms with Gasteiger partial charge >= 0.3 is 0 Å². The normalized spacial score (nSPS) is 12.6. The van der Waals surface area contributed by atoms with Crippen molar-refractivity contribution in [3.63, 3.8) is 0 Å². The van der Waals surface area contributed by atoms with E-state index in [9.17, 15) is 8.78 Å². The van der Waals surface area contributed by atoms with Crippen molar-refractivity contribution in [2.75, 3.05) is 5.32 Å². The molecule has 0 amide bonds. The van der Waals surface area contributed by atoms with Gasteiger partial charge in [-0.25, -0.2) is 13.8 Å². The van der Waals surface area contributed by atoms with E-state index in [1.165, 1.54) is 23.5 Å². The quantitative estimate of drug-likeness (QED) is 0.697. The van der Waals surface area contributed by atoms with E-state index in [2.05, 4.69) is 10.3 Å². The largest absolute Gasteiger partial charge is 0.375 e. The zero-order chi connectivity index (χ0) is 15.0. The highest BCUT2D eigenvalue weighted by Gasteiger charge is 2.15. The fourth-order valence-corrected chi connectivity index (χ4v) is 3.08. The molecule has 0 saturated heterocycles. The van der Waals surface area contributed by atoms with Crippen molar-refractivity contribution in [2.24, 2.45) is 0 Å². The van der Waals surface area contributed by atoms with E-state index < -0.39 is 11.6 Å². The Hall–Kier alpha value is -1.72. The lowest BCUT2D eigenvalue weighted by atomic mass is 10.1. The van der Waals surface area contributed by atoms with Gasteiger partial charge in [-0.2, -0.15) is 0 Å². The van der Waals surface area contributed by atoms with Crippen LogP contribution in [0.3, 0.4) is 0 Å². The molecule has 0 fully saturated rings. The molecule has 2 nitrogen and oxygen atoms in total. The zero-order valence-corrected chi connectivity index (χ0v) is 12.6. The van der Waals surface area contributed by atoms with Gasteiger partial charge in [0.2, 0.25) is 0 Å². The minimum absolute atomic E-state index is 0.365. The van der Waals surface area contributed by atoms with Crippen LogP contribution in [0.1, 0.15) is 18.5 Å². The summed E-state index contributed by atoms with van der Waals surface area (Å²) in [5.41, 5.74) is 3.52. The van der Waals surface area contributed by atoms with Crippen LogP contribution in [-0.2, 0) is 0 Å². The molecular formula is C15H11ClF2N2S. The molecule has 108 valence electrons. The SMILES string of the molecule is CC(Nc1c(Cl)ccc2scnc12)c1ccc(F)cc1F. The van der Waals surface area contributed by atoms with Crippen molar-refractivity contribution in [3.8, 4) is 0 Å². The van der Waals surface area contributed by atoms with E-state index in [0.29, 0.717) is 16.3 Å². The standard InChI is InChI=1S/C15H11ClF2N2S/c1-8(10-3-2-9(17)6-12(10)18)20-14-11(16)4-5-13-15(14)19-7-21-13/h2-8,20H,1H3. The second-order valence-electron chi connectivity index (χ2n) is 4.65. The Morgan fingerprint density at radius 1 is 1.24 bits per heavy atom. The Bertz CT molecular complexity index is 803. The minimum Gasteiger partial charge on any atom is -0.375 e. The molecule has 1 N–H and O–H groups in total. The first kappa shape index (κ1) is 14.2. The van der Waals surface area contributed by atoms with E-state index in [4.69, 9.17) is 11.6 Å². The number of benzene rings is 2. The number of rotatable bonds is 3. The number of hydrogen-bond acceptors (Lipinski definition) is 3. The van der Waals surface area contributed by atoms with Crippen LogP contribution in [0.25, 0.3) is 10.2 Å². The third kappa shape index (κ3) is 2.71. The molecule has 0 aliphatic rings. The van der Waals surface area contributed by atoms with Crippen LogP contribution in [0.15, 0.2) is 35.8 Å². The van der Waals surface area contributed by atoms with Gasteiger partial charge in [0.15, 0.2) is 0 Å². The van der Waals surface area contributed by atoms with E-state index in [-0.39, 0.29) is 6.04 Å². The maximum atomic E-state index is 13.8. The number of halogens is 3. The summed E-state index contributed by atoms with van der Waals surface area (Å²) in [6.45, 7) is 1.79. The summed E-state index contributed by atoms with van der Waals surface area (Å²) >= 11 is 7.71. The third-order valence-corrected chi connectivity index (χ3v) is 4.35. The second-order valence-corrected chi connectivity index (χ2v) is 5.95. The van der Waals surface area contributed by atoms with E-state index in [1.807, 2.05) is 6.07 Å². The average molecular weight is 325 g/mol. The molecule has 1 atom stereocenters.